The highest BCUT2D eigenvalue weighted by Gasteiger charge is 2.34. The average molecular weight is 372 g/mol. The van der Waals surface area contributed by atoms with Gasteiger partial charge in [-0.25, -0.2) is 0 Å². The van der Waals surface area contributed by atoms with Gasteiger partial charge in [0.1, 0.15) is 0 Å². The molecule has 8 heteroatoms. The van der Waals surface area contributed by atoms with Gasteiger partial charge in [-0.15, -0.1) is 0 Å². The number of benzene rings is 1. The zero-order valence-corrected chi connectivity index (χ0v) is 15.0. The van der Waals surface area contributed by atoms with E-state index in [0.717, 1.165) is 5.56 Å². The summed E-state index contributed by atoms with van der Waals surface area (Å²) in [6.45, 7) is 0.339. The largest absolute Gasteiger partial charge is 0.493 e. The zero-order chi connectivity index (χ0) is 19.6. The van der Waals surface area contributed by atoms with Crippen LogP contribution in [-0.2, 0) is 11.2 Å². The second kappa shape index (κ2) is 7.53. The number of fused-ring (bicyclic) bond motifs is 1. The summed E-state index contributed by atoms with van der Waals surface area (Å²) in [6, 6.07) is 5.59. The van der Waals surface area contributed by atoms with Crippen molar-refractivity contribution >= 4 is 11.9 Å². The number of amides is 1. The molecular formula is C19H20N2O6. The number of nitrogens with zero attached hydrogens (tertiary/aromatic N) is 1. The second-order valence-electron chi connectivity index (χ2n) is 6.21. The third-order valence-corrected chi connectivity index (χ3v) is 4.65. The Hall–Kier alpha value is -3.29. The normalized spacial score (nSPS) is 15.8. The number of nitrogens with one attached hydrogen (secondary N) is 1. The first kappa shape index (κ1) is 18.5. The van der Waals surface area contributed by atoms with Crippen LogP contribution in [0.15, 0.2) is 35.3 Å². The molecule has 2 heterocycles. The van der Waals surface area contributed by atoms with Gasteiger partial charge in [0.15, 0.2) is 11.5 Å². The zero-order valence-electron chi connectivity index (χ0n) is 15.0. The summed E-state index contributed by atoms with van der Waals surface area (Å²) >= 11 is 0. The standard InChI is InChI=1S/C19H20N2O6/c1-26-15-7-11-4-6-21(19(25)12-3-5-20-17(22)8-12)14(10-18(23)24)13(11)9-16(15)27-2/h3,5,7-9,14H,4,6,10H2,1-2H3,(H,20,22)(H,23,24). The van der Waals surface area contributed by atoms with Crippen LogP contribution < -0.4 is 15.0 Å². The van der Waals surface area contributed by atoms with Crippen LogP contribution in [-0.4, -0.2) is 47.6 Å². The van der Waals surface area contributed by atoms with E-state index in [9.17, 15) is 19.5 Å². The third kappa shape index (κ3) is 3.64. The van der Waals surface area contributed by atoms with E-state index in [1.165, 1.54) is 37.4 Å². The van der Waals surface area contributed by atoms with Crippen molar-refractivity contribution in [1.82, 2.24) is 9.88 Å². The molecule has 8 nitrogen and oxygen atoms in total. The lowest BCUT2D eigenvalue weighted by molar-refractivity contribution is -0.138. The molecule has 1 unspecified atom stereocenters. The van der Waals surface area contributed by atoms with E-state index in [2.05, 4.69) is 4.98 Å². The Balaban J connectivity index is 2.05. The Morgan fingerprint density at radius 2 is 1.93 bits per heavy atom. The summed E-state index contributed by atoms with van der Waals surface area (Å²) in [5.74, 6) is -0.379. The number of rotatable bonds is 5. The van der Waals surface area contributed by atoms with Gasteiger partial charge >= 0.3 is 5.97 Å². The maximum absolute atomic E-state index is 13.0. The molecular weight excluding hydrogens is 352 g/mol. The predicted molar refractivity (Wildman–Crippen MR) is 96.3 cm³/mol. The first-order valence-corrected chi connectivity index (χ1v) is 8.41. The summed E-state index contributed by atoms with van der Waals surface area (Å²) in [4.78, 5) is 39.9. The number of ether oxygens (including phenoxy) is 2. The number of carbonyl (C=O) groups excluding carboxylic acids is 1. The molecule has 1 aromatic carbocycles. The number of aromatic amines is 1. The number of H-pyrrole nitrogens is 1. The number of aliphatic carboxylic acids is 1. The quantitative estimate of drug-likeness (QED) is 0.825. The fourth-order valence-corrected chi connectivity index (χ4v) is 3.40. The number of pyridine rings is 1. The van der Waals surface area contributed by atoms with Crippen LogP contribution in [0.4, 0.5) is 0 Å². The number of hydrogen-bond donors (Lipinski definition) is 2. The lowest BCUT2D eigenvalue weighted by atomic mass is 9.89. The monoisotopic (exact) mass is 372 g/mol. The molecule has 1 amide bonds. The van der Waals surface area contributed by atoms with E-state index in [0.29, 0.717) is 30.0 Å². The molecule has 0 radical (unpaired) electrons. The van der Waals surface area contributed by atoms with Crippen LogP contribution >= 0.6 is 0 Å². The first-order valence-electron chi connectivity index (χ1n) is 8.41. The minimum atomic E-state index is -1.02. The highest BCUT2D eigenvalue weighted by Crippen LogP contribution is 2.39. The smallest absolute Gasteiger partial charge is 0.305 e. The summed E-state index contributed by atoms with van der Waals surface area (Å²) in [5, 5.41) is 9.38. The minimum absolute atomic E-state index is 0.220. The number of carboxylic acid groups (broad SMARTS) is 1. The van der Waals surface area contributed by atoms with Crippen molar-refractivity contribution < 1.29 is 24.2 Å². The maximum atomic E-state index is 13.0. The SMILES string of the molecule is COc1cc2c(cc1OC)C(CC(=O)O)N(C(=O)c1cc[nH]c(=O)c1)CC2. The Bertz CT molecular complexity index is 936. The molecule has 2 aromatic rings. The van der Waals surface area contributed by atoms with Crippen molar-refractivity contribution in [2.45, 2.75) is 18.9 Å². The fraction of sp³-hybridized carbons (Fsp3) is 0.316. The topological polar surface area (TPSA) is 109 Å². The number of hydrogen-bond acceptors (Lipinski definition) is 5. The Kier molecular flexibility index (Phi) is 5.16. The van der Waals surface area contributed by atoms with Crippen molar-refractivity contribution in [2.24, 2.45) is 0 Å². The minimum Gasteiger partial charge on any atom is -0.493 e. The Morgan fingerprint density at radius 3 is 2.56 bits per heavy atom. The van der Waals surface area contributed by atoms with Gasteiger partial charge in [0, 0.05) is 24.4 Å². The van der Waals surface area contributed by atoms with E-state index in [-0.39, 0.29) is 23.5 Å². The molecule has 1 aromatic heterocycles. The van der Waals surface area contributed by atoms with Gasteiger partial charge in [-0.05, 0) is 35.7 Å². The van der Waals surface area contributed by atoms with E-state index in [4.69, 9.17) is 9.47 Å². The van der Waals surface area contributed by atoms with E-state index in [1.54, 1.807) is 6.07 Å². The molecule has 0 spiro atoms. The molecule has 0 saturated heterocycles. The van der Waals surface area contributed by atoms with Crippen molar-refractivity contribution in [3.05, 3.63) is 57.5 Å². The van der Waals surface area contributed by atoms with Gasteiger partial charge in [-0.2, -0.15) is 0 Å². The van der Waals surface area contributed by atoms with Crippen LogP contribution in [0.3, 0.4) is 0 Å². The van der Waals surface area contributed by atoms with Crippen LogP contribution in [0.1, 0.15) is 33.9 Å². The summed E-state index contributed by atoms with van der Waals surface area (Å²) < 4.78 is 10.6. The van der Waals surface area contributed by atoms with Gasteiger partial charge in [0.25, 0.3) is 5.91 Å². The highest BCUT2D eigenvalue weighted by atomic mass is 16.5. The van der Waals surface area contributed by atoms with Crippen molar-refractivity contribution in [2.75, 3.05) is 20.8 Å². The predicted octanol–water partition coefficient (Wildman–Crippen LogP) is 1.61. The molecule has 1 aliphatic heterocycles. The average Bonchev–Trinajstić information content (AvgIpc) is 2.66. The van der Waals surface area contributed by atoms with Gasteiger partial charge in [-0.1, -0.05) is 0 Å². The van der Waals surface area contributed by atoms with Gasteiger partial charge < -0.3 is 24.5 Å². The number of aromatic nitrogens is 1. The molecule has 27 heavy (non-hydrogen) atoms. The molecule has 0 aliphatic carbocycles. The number of carbonyl (C=O) groups is 2. The molecule has 0 fully saturated rings. The first-order chi connectivity index (χ1) is 12.9. The third-order valence-electron chi connectivity index (χ3n) is 4.65. The van der Waals surface area contributed by atoms with E-state index < -0.39 is 12.0 Å². The fourth-order valence-electron chi connectivity index (χ4n) is 3.40. The molecule has 0 bridgehead atoms. The molecule has 0 saturated carbocycles. The van der Waals surface area contributed by atoms with Gasteiger partial charge in [-0.3, -0.25) is 14.4 Å². The van der Waals surface area contributed by atoms with Gasteiger partial charge in [0.2, 0.25) is 5.56 Å². The summed E-state index contributed by atoms with van der Waals surface area (Å²) in [7, 11) is 3.03. The van der Waals surface area contributed by atoms with Crippen molar-refractivity contribution in [3.63, 3.8) is 0 Å². The lowest BCUT2D eigenvalue weighted by Crippen LogP contribution is -2.41. The summed E-state index contributed by atoms with van der Waals surface area (Å²) in [6.07, 6.45) is 1.69. The van der Waals surface area contributed by atoms with Crippen LogP contribution in [0.2, 0.25) is 0 Å². The van der Waals surface area contributed by atoms with Crippen molar-refractivity contribution in [1.29, 1.82) is 0 Å². The van der Waals surface area contributed by atoms with Crippen molar-refractivity contribution in [3.8, 4) is 11.5 Å². The molecule has 2 N–H and O–H groups in total. The summed E-state index contributed by atoms with van der Waals surface area (Å²) in [5.41, 5.74) is 1.45. The Morgan fingerprint density at radius 1 is 1.22 bits per heavy atom. The van der Waals surface area contributed by atoms with Crippen LogP contribution in [0.25, 0.3) is 0 Å². The van der Waals surface area contributed by atoms with E-state index in [1.807, 2.05) is 6.07 Å². The van der Waals surface area contributed by atoms with Gasteiger partial charge in [0.05, 0.1) is 26.7 Å². The molecule has 1 aliphatic rings. The Labute approximate surface area is 155 Å². The van der Waals surface area contributed by atoms with E-state index >= 15 is 0 Å². The molecule has 142 valence electrons. The number of methoxy groups -OCH3 is 2. The van der Waals surface area contributed by atoms with Crippen LogP contribution in [0, 0.1) is 0 Å². The second-order valence-corrected chi connectivity index (χ2v) is 6.21. The van der Waals surface area contributed by atoms with Crippen LogP contribution in [0.5, 0.6) is 11.5 Å². The maximum Gasteiger partial charge on any atom is 0.305 e. The molecule has 3 rings (SSSR count). The molecule has 1 atom stereocenters. The number of carboxylic acids is 1. The lowest BCUT2D eigenvalue weighted by Gasteiger charge is -2.37. The highest BCUT2D eigenvalue weighted by molar-refractivity contribution is 5.94.